The lowest BCUT2D eigenvalue weighted by atomic mass is 10.2. The highest BCUT2D eigenvalue weighted by Gasteiger charge is 2.45. The first-order valence-electron chi connectivity index (χ1n) is 7.94. The number of rotatable bonds is 4. The van der Waals surface area contributed by atoms with Crippen molar-refractivity contribution in [1.29, 1.82) is 0 Å². The Labute approximate surface area is 155 Å². The van der Waals surface area contributed by atoms with Crippen LogP contribution in [0.2, 0.25) is 0 Å². The number of hydrogen-bond donors (Lipinski definition) is 1. The highest BCUT2D eigenvalue weighted by Crippen LogP contribution is 2.31. The molecular weight excluding hydrogens is 372 g/mol. The van der Waals surface area contributed by atoms with Crippen molar-refractivity contribution in [3.05, 3.63) is 59.7 Å². The van der Waals surface area contributed by atoms with Crippen LogP contribution in [0.3, 0.4) is 0 Å². The minimum Gasteiger partial charge on any atom is -0.465 e. The molecule has 1 atom stereocenters. The first-order chi connectivity index (χ1) is 12.8. The Balaban J connectivity index is 1.80. The molecule has 0 saturated heterocycles. The zero-order chi connectivity index (χ0) is 19.8. The van der Waals surface area contributed by atoms with Gasteiger partial charge in [0.05, 0.1) is 18.2 Å². The van der Waals surface area contributed by atoms with E-state index in [1.54, 1.807) is 6.07 Å². The van der Waals surface area contributed by atoms with Crippen LogP contribution >= 0.6 is 0 Å². The number of amides is 2. The second-order valence-corrected chi connectivity index (χ2v) is 7.62. The third kappa shape index (κ3) is 3.17. The van der Waals surface area contributed by atoms with Gasteiger partial charge < -0.3 is 10.1 Å². The number of fused-ring (bicyclic) bond motifs is 1. The van der Waals surface area contributed by atoms with Gasteiger partial charge in [-0.1, -0.05) is 12.1 Å². The molecule has 0 saturated carbocycles. The number of benzene rings is 2. The van der Waals surface area contributed by atoms with Crippen molar-refractivity contribution in [2.45, 2.75) is 17.9 Å². The molecule has 0 aliphatic carbocycles. The van der Waals surface area contributed by atoms with Crippen LogP contribution in [0.5, 0.6) is 0 Å². The number of ether oxygens (including phenoxy) is 1. The fraction of sp³-hybridized carbons (Fsp3) is 0.167. The van der Waals surface area contributed by atoms with E-state index in [1.807, 2.05) is 0 Å². The zero-order valence-electron chi connectivity index (χ0n) is 14.5. The van der Waals surface area contributed by atoms with Crippen LogP contribution in [-0.4, -0.2) is 43.7 Å². The van der Waals surface area contributed by atoms with Gasteiger partial charge in [-0.2, -0.15) is 0 Å². The standard InChI is InChI=1S/C18H16N2O6S/c1-11(16(21)19-13-9-7-12(8-10-13)18(23)26-2)20-17(22)14-5-3-4-6-15(14)27(20,24)25/h3-11H,1-2H3,(H,19,21). The Morgan fingerprint density at radius 3 is 2.30 bits per heavy atom. The van der Waals surface area contributed by atoms with E-state index < -0.39 is 33.8 Å². The van der Waals surface area contributed by atoms with Crippen LogP contribution in [0, 0.1) is 0 Å². The summed E-state index contributed by atoms with van der Waals surface area (Å²) in [4.78, 5) is 36.3. The summed E-state index contributed by atoms with van der Waals surface area (Å²) in [7, 11) is -2.84. The molecule has 0 aromatic heterocycles. The number of nitrogens with one attached hydrogen (secondary N) is 1. The lowest BCUT2D eigenvalue weighted by molar-refractivity contribution is -0.118. The molecule has 1 N–H and O–H groups in total. The normalized spacial score (nSPS) is 15.8. The maximum absolute atomic E-state index is 12.6. The summed E-state index contributed by atoms with van der Waals surface area (Å²) in [6.45, 7) is 1.33. The Kier molecular flexibility index (Phi) is 4.71. The van der Waals surface area contributed by atoms with Crippen LogP contribution in [0.15, 0.2) is 53.4 Å². The molecule has 2 aromatic rings. The van der Waals surface area contributed by atoms with Crippen molar-refractivity contribution < 1.29 is 27.5 Å². The molecule has 0 spiro atoms. The summed E-state index contributed by atoms with van der Waals surface area (Å²) in [6.07, 6.45) is 0. The smallest absolute Gasteiger partial charge is 0.337 e. The van der Waals surface area contributed by atoms with Crippen molar-refractivity contribution in [3.8, 4) is 0 Å². The van der Waals surface area contributed by atoms with Gasteiger partial charge in [-0.25, -0.2) is 17.5 Å². The van der Waals surface area contributed by atoms with Gasteiger partial charge in [0.15, 0.2) is 0 Å². The third-order valence-corrected chi connectivity index (χ3v) is 6.07. The van der Waals surface area contributed by atoms with E-state index in [-0.39, 0.29) is 10.5 Å². The molecular formula is C18H16N2O6S. The highest BCUT2D eigenvalue weighted by atomic mass is 32.2. The molecule has 1 aliphatic rings. The molecule has 0 radical (unpaired) electrons. The van der Waals surface area contributed by atoms with E-state index in [4.69, 9.17) is 0 Å². The fourth-order valence-electron chi connectivity index (χ4n) is 2.75. The maximum Gasteiger partial charge on any atom is 0.337 e. The summed E-state index contributed by atoms with van der Waals surface area (Å²) < 4.78 is 30.4. The number of esters is 1. The van der Waals surface area contributed by atoms with Gasteiger partial charge in [0.2, 0.25) is 5.91 Å². The molecule has 3 rings (SSSR count). The summed E-state index contributed by atoms with van der Waals surface area (Å²) in [5.41, 5.74) is 0.692. The predicted molar refractivity (Wildman–Crippen MR) is 95.7 cm³/mol. The largest absolute Gasteiger partial charge is 0.465 e. The van der Waals surface area contributed by atoms with E-state index in [0.717, 1.165) is 0 Å². The number of methoxy groups -OCH3 is 1. The van der Waals surface area contributed by atoms with Gasteiger partial charge in [0.1, 0.15) is 10.9 Å². The fourth-order valence-corrected chi connectivity index (χ4v) is 4.47. The molecule has 0 fully saturated rings. The van der Waals surface area contributed by atoms with Crippen molar-refractivity contribution >= 4 is 33.5 Å². The summed E-state index contributed by atoms with van der Waals surface area (Å²) >= 11 is 0. The molecule has 8 nitrogen and oxygen atoms in total. The molecule has 2 amide bonds. The lowest BCUT2D eigenvalue weighted by Gasteiger charge is -2.22. The molecule has 1 aliphatic heterocycles. The number of carbonyl (C=O) groups is 3. The number of carbonyl (C=O) groups excluding carboxylic acids is 3. The average molecular weight is 388 g/mol. The van der Waals surface area contributed by atoms with E-state index in [9.17, 15) is 22.8 Å². The lowest BCUT2D eigenvalue weighted by Crippen LogP contribution is -2.45. The number of sulfonamides is 1. The first-order valence-corrected chi connectivity index (χ1v) is 9.38. The summed E-state index contributed by atoms with van der Waals surface area (Å²) in [6, 6.07) is 10.4. The molecule has 0 bridgehead atoms. The predicted octanol–water partition coefficient (Wildman–Crippen LogP) is 1.64. The summed E-state index contributed by atoms with van der Waals surface area (Å²) in [5.74, 6) is -1.94. The van der Waals surface area contributed by atoms with Gasteiger partial charge in [0, 0.05) is 5.69 Å². The van der Waals surface area contributed by atoms with Gasteiger partial charge in [-0.15, -0.1) is 0 Å². The van der Waals surface area contributed by atoms with E-state index >= 15 is 0 Å². The SMILES string of the molecule is COC(=O)c1ccc(NC(=O)C(C)N2C(=O)c3ccccc3S2(=O)=O)cc1. The van der Waals surface area contributed by atoms with Gasteiger partial charge >= 0.3 is 5.97 Å². The second-order valence-electron chi connectivity index (χ2n) is 5.84. The van der Waals surface area contributed by atoms with Gasteiger partial charge in [-0.05, 0) is 43.3 Å². The van der Waals surface area contributed by atoms with E-state index in [1.165, 1.54) is 56.5 Å². The van der Waals surface area contributed by atoms with Crippen molar-refractivity contribution in [2.24, 2.45) is 0 Å². The Morgan fingerprint density at radius 1 is 1.07 bits per heavy atom. The van der Waals surface area contributed by atoms with E-state index in [2.05, 4.69) is 10.1 Å². The van der Waals surface area contributed by atoms with E-state index in [0.29, 0.717) is 15.6 Å². The average Bonchev–Trinajstić information content (AvgIpc) is 2.87. The summed E-state index contributed by atoms with van der Waals surface area (Å²) in [5, 5.41) is 2.54. The molecule has 1 heterocycles. The topological polar surface area (TPSA) is 110 Å². The Morgan fingerprint density at radius 2 is 1.70 bits per heavy atom. The number of anilines is 1. The number of hydrogen-bond acceptors (Lipinski definition) is 6. The van der Waals surface area contributed by atoms with Crippen LogP contribution in [-0.2, 0) is 19.6 Å². The quantitative estimate of drug-likeness (QED) is 0.798. The Hall–Kier alpha value is -3.20. The molecule has 2 aromatic carbocycles. The van der Waals surface area contributed by atoms with Gasteiger partial charge in [-0.3, -0.25) is 9.59 Å². The molecule has 140 valence electrons. The monoisotopic (exact) mass is 388 g/mol. The minimum absolute atomic E-state index is 0.0413. The third-order valence-electron chi connectivity index (χ3n) is 4.16. The first kappa shape index (κ1) is 18.6. The molecule has 1 unspecified atom stereocenters. The molecule has 27 heavy (non-hydrogen) atoms. The van der Waals surface area contributed by atoms with Crippen molar-refractivity contribution in [3.63, 3.8) is 0 Å². The maximum atomic E-state index is 12.6. The van der Waals surface area contributed by atoms with Crippen LogP contribution < -0.4 is 5.32 Å². The Bertz CT molecular complexity index is 1030. The molecule has 9 heteroatoms. The van der Waals surface area contributed by atoms with Crippen molar-refractivity contribution in [1.82, 2.24) is 4.31 Å². The number of nitrogens with zero attached hydrogens (tertiary/aromatic N) is 1. The van der Waals surface area contributed by atoms with Crippen LogP contribution in [0.25, 0.3) is 0 Å². The highest BCUT2D eigenvalue weighted by molar-refractivity contribution is 7.90. The van der Waals surface area contributed by atoms with Crippen molar-refractivity contribution in [2.75, 3.05) is 12.4 Å². The van der Waals surface area contributed by atoms with Gasteiger partial charge in [0.25, 0.3) is 15.9 Å². The van der Waals surface area contributed by atoms with Crippen LogP contribution in [0.1, 0.15) is 27.6 Å². The zero-order valence-corrected chi connectivity index (χ0v) is 15.3. The second kappa shape index (κ2) is 6.84. The minimum atomic E-state index is -4.09. The van der Waals surface area contributed by atoms with Crippen LogP contribution in [0.4, 0.5) is 5.69 Å².